The van der Waals surface area contributed by atoms with Crippen molar-refractivity contribution in [3.63, 3.8) is 0 Å². The molecule has 88 valence electrons. The standard InChI is InChI=1S/C11H14N2O2.ClH/c1-14-8-3-4-9(10(13)5-6-12)11(7-8)15-2;/h3-4,7,10H,5,13H2,1-2H3;1H/t10-;/m0./s1. The van der Waals surface area contributed by atoms with Gasteiger partial charge in [-0.1, -0.05) is 6.07 Å². The number of halogens is 1. The van der Waals surface area contributed by atoms with Gasteiger partial charge in [0, 0.05) is 17.7 Å². The summed E-state index contributed by atoms with van der Waals surface area (Å²) >= 11 is 0. The molecule has 0 saturated heterocycles. The lowest BCUT2D eigenvalue weighted by atomic mass is 10.0. The van der Waals surface area contributed by atoms with Crippen LogP contribution in [0.4, 0.5) is 0 Å². The van der Waals surface area contributed by atoms with Gasteiger partial charge in [-0.2, -0.15) is 5.26 Å². The molecule has 0 aliphatic rings. The van der Waals surface area contributed by atoms with Gasteiger partial charge in [-0.25, -0.2) is 0 Å². The van der Waals surface area contributed by atoms with Crippen LogP contribution < -0.4 is 15.2 Å². The fraction of sp³-hybridized carbons (Fsp3) is 0.364. The van der Waals surface area contributed by atoms with Crippen LogP contribution in [0.1, 0.15) is 18.0 Å². The zero-order chi connectivity index (χ0) is 11.3. The van der Waals surface area contributed by atoms with E-state index in [2.05, 4.69) is 0 Å². The van der Waals surface area contributed by atoms with E-state index in [1.807, 2.05) is 12.1 Å². The van der Waals surface area contributed by atoms with Gasteiger partial charge in [-0.15, -0.1) is 12.4 Å². The minimum absolute atomic E-state index is 0. The fourth-order valence-electron chi connectivity index (χ4n) is 1.33. The van der Waals surface area contributed by atoms with Crippen molar-refractivity contribution in [1.29, 1.82) is 5.26 Å². The van der Waals surface area contributed by atoms with E-state index >= 15 is 0 Å². The average molecular weight is 243 g/mol. The Morgan fingerprint density at radius 1 is 1.38 bits per heavy atom. The summed E-state index contributed by atoms with van der Waals surface area (Å²) in [6, 6.07) is 7.09. The van der Waals surface area contributed by atoms with Crippen molar-refractivity contribution in [1.82, 2.24) is 0 Å². The summed E-state index contributed by atoms with van der Waals surface area (Å²) in [4.78, 5) is 0. The highest BCUT2D eigenvalue weighted by Crippen LogP contribution is 2.29. The number of benzene rings is 1. The van der Waals surface area contributed by atoms with Crippen molar-refractivity contribution in [2.45, 2.75) is 12.5 Å². The molecular formula is C11H15ClN2O2. The van der Waals surface area contributed by atoms with Crippen LogP contribution in [0.25, 0.3) is 0 Å². The minimum atomic E-state index is -0.323. The van der Waals surface area contributed by atoms with E-state index in [4.69, 9.17) is 20.5 Å². The van der Waals surface area contributed by atoms with Crippen molar-refractivity contribution in [2.75, 3.05) is 14.2 Å². The number of nitrogens with two attached hydrogens (primary N) is 1. The van der Waals surface area contributed by atoms with Gasteiger partial charge < -0.3 is 15.2 Å². The van der Waals surface area contributed by atoms with Crippen molar-refractivity contribution >= 4 is 12.4 Å². The van der Waals surface area contributed by atoms with Gasteiger partial charge >= 0.3 is 0 Å². The highest BCUT2D eigenvalue weighted by Gasteiger charge is 2.12. The van der Waals surface area contributed by atoms with E-state index in [9.17, 15) is 0 Å². The van der Waals surface area contributed by atoms with Gasteiger partial charge in [0.15, 0.2) is 0 Å². The summed E-state index contributed by atoms with van der Waals surface area (Å²) in [7, 11) is 3.15. The predicted octanol–water partition coefficient (Wildman–Crippen LogP) is 2.04. The van der Waals surface area contributed by atoms with E-state index in [0.717, 1.165) is 5.56 Å². The van der Waals surface area contributed by atoms with Gasteiger partial charge in [0.2, 0.25) is 0 Å². The first-order valence-corrected chi connectivity index (χ1v) is 4.57. The molecule has 0 fully saturated rings. The number of rotatable bonds is 4. The van der Waals surface area contributed by atoms with Gasteiger partial charge in [-0.05, 0) is 6.07 Å². The van der Waals surface area contributed by atoms with Crippen LogP contribution >= 0.6 is 12.4 Å². The molecule has 0 radical (unpaired) electrons. The lowest BCUT2D eigenvalue weighted by molar-refractivity contribution is 0.388. The molecule has 0 aliphatic carbocycles. The molecule has 1 aromatic rings. The van der Waals surface area contributed by atoms with Gasteiger partial charge in [0.05, 0.1) is 26.7 Å². The third kappa shape index (κ3) is 3.30. The first kappa shape index (κ1) is 14.6. The Labute approximate surface area is 101 Å². The van der Waals surface area contributed by atoms with Gasteiger partial charge in [0.25, 0.3) is 0 Å². The largest absolute Gasteiger partial charge is 0.497 e. The molecule has 2 N–H and O–H groups in total. The average Bonchev–Trinajstić information content (AvgIpc) is 2.28. The van der Waals surface area contributed by atoms with Crippen LogP contribution in [0, 0.1) is 11.3 Å². The fourth-order valence-corrected chi connectivity index (χ4v) is 1.33. The van der Waals surface area contributed by atoms with Crippen LogP contribution in [-0.2, 0) is 0 Å². The molecule has 5 heteroatoms. The molecule has 0 amide bonds. The molecule has 16 heavy (non-hydrogen) atoms. The molecular weight excluding hydrogens is 228 g/mol. The molecule has 1 rings (SSSR count). The zero-order valence-corrected chi connectivity index (χ0v) is 10.1. The first-order valence-electron chi connectivity index (χ1n) is 4.57. The molecule has 1 atom stereocenters. The summed E-state index contributed by atoms with van der Waals surface area (Å²) in [5.41, 5.74) is 6.65. The van der Waals surface area contributed by atoms with Crippen LogP contribution in [0.3, 0.4) is 0 Å². The van der Waals surface area contributed by atoms with Crippen LogP contribution in [0.15, 0.2) is 18.2 Å². The molecule has 1 aromatic carbocycles. The maximum Gasteiger partial charge on any atom is 0.127 e. The normalized spacial score (nSPS) is 10.9. The number of hydrogen-bond acceptors (Lipinski definition) is 4. The summed E-state index contributed by atoms with van der Waals surface area (Å²) in [5.74, 6) is 1.36. The highest BCUT2D eigenvalue weighted by atomic mass is 35.5. The Kier molecular flexibility index (Phi) is 6.31. The number of ether oxygens (including phenoxy) is 2. The van der Waals surface area contributed by atoms with Crippen LogP contribution in [0.5, 0.6) is 11.5 Å². The number of nitriles is 1. The van der Waals surface area contributed by atoms with Crippen LogP contribution in [0.2, 0.25) is 0 Å². The lowest BCUT2D eigenvalue weighted by Gasteiger charge is -2.13. The highest BCUT2D eigenvalue weighted by molar-refractivity contribution is 5.85. The molecule has 0 aromatic heterocycles. The number of hydrogen-bond donors (Lipinski definition) is 1. The maximum atomic E-state index is 8.57. The molecule has 0 aliphatic heterocycles. The minimum Gasteiger partial charge on any atom is -0.497 e. The maximum absolute atomic E-state index is 8.57. The Balaban J connectivity index is 0.00000225. The van der Waals surface area contributed by atoms with Gasteiger partial charge in [-0.3, -0.25) is 0 Å². The van der Waals surface area contributed by atoms with Crippen molar-refractivity contribution in [2.24, 2.45) is 5.73 Å². The predicted molar refractivity (Wildman–Crippen MR) is 64.0 cm³/mol. The summed E-state index contributed by atoms with van der Waals surface area (Å²) in [5, 5.41) is 8.57. The summed E-state index contributed by atoms with van der Waals surface area (Å²) in [6.45, 7) is 0. The Morgan fingerprint density at radius 2 is 2.06 bits per heavy atom. The second-order valence-corrected chi connectivity index (χ2v) is 3.08. The molecule has 0 heterocycles. The molecule has 0 bridgehead atoms. The second-order valence-electron chi connectivity index (χ2n) is 3.08. The van der Waals surface area contributed by atoms with Crippen LogP contribution in [-0.4, -0.2) is 14.2 Å². The molecule has 0 spiro atoms. The van der Waals surface area contributed by atoms with E-state index < -0.39 is 0 Å². The number of methoxy groups -OCH3 is 2. The third-order valence-corrected chi connectivity index (χ3v) is 2.15. The van der Waals surface area contributed by atoms with E-state index in [-0.39, 0.29) is 24.9 Å². The Morgan fingerprint density at radius 3 is 2.56 bits per heavy atom. The van der Waals surface area contributed by atoms with E-state index in [0.29, 0.717) is 11.5 Å². The summed E-state index contributed by atoms with van der Waals surface area (Å²) in [6.07, 6.45) is 0.267. The zero-order valence-electron chi connectivity index (χ0n) is 9.27. The SMILES string of the molecule is COc1ccc([C@@H](N)CC#N)c(OC)c1.Cl. The molecule has 0 unspecified atom stereocenters. The quantitative estimate of drug-likeness (QED) is 0.877. The van der Waals surface area contributed by atoms with Crippen molar-refractivity contribution in [3.8, 4) is 17.6 Å². The summed E-state index contributed by atoms with van der Waals surface area (Å²) < 4.78 is 10.3. The first-order chi connectivity index (χ1) is 7.22. The Hall–Kier alpha value is -1.44. The van der Waals surface area contributed by atoms with E-state index in [1.54, 1.807) is 26.4 Å². The third-order valence-electron chi connectivity index (χ3n) is 2.15. The van der Waals surface area contributed by atoms with E-state index in [1.165, 1.54) is 0 Å². The smallest absolute Gasteiger partial charge is 0.127 e. The van der Waals surface area contributed by atoms with Gasteiger partial charge in [0.1, 0.15) is 11.5 Å². The van der Waals surface area contributed by atoms with Crippen molar-refractivity contribution < 1.29 is 9.47 Å². The monoisotopic (exact) mass is 242 g/mol. The lowest BCUT2D eigenvalue weighted by Crippen LogP contribution is -2.10. The van der Waals surface area contributed by atoms with Crippen molar-refractivity contribution in [3.05, 3.63) is 23.8 Å². The Bertz CT molecular complexity index is 377. The topological polar surface area (TPSA) is 68.3 Å². The number of nitrogens with zero attached hydrogens (tertiary/aromatic N) is 1. The molecule has 0 saturated carbocycles. The molecule has 4 nitrogen and oxygen atoms in total. The second kappa shape index (κ2) is 6.94.